The van der Waals surface area contributed by atoms with Crippen LogP contribution < -0.4 is 5.56 Å². The molecular weight excluding hydrogens is 290 g/mol. The Kier molecular flexibility index (Phi) is 3.49. The van der Waals surface area contributed by atoms with E-state index < -0.39 is 5.97 Å². The molecule has 0 fully saturated rings. The summed E-state index contributed by atoms with van der Waals surface area (Å²) in [5.74, 6) is -0.477. The quantitative estimate of drug-likeness (QED) is 0.691. The Labute approximate surface area is 123 Å². The van der Waals surface area contributed by atoms with E-state index in [1.807, 2.05) is 13.0 Å². The Morgan fingerprint density at radius 1 is 1.29 bits per heavy atom. The maximum Gasteiger partial charge on any atom is 0.350 e. The minimum atomic E-state index is -0.477. The molecule has 0 bridgehead atoms. The summed E-state index contributed by atoms with van der Waals surface area (Å²) in [4.78, 5) is 25.5. The molecule has 0 atom stereocenters. The van der Waals surface area contributed by atoms with E-state index in [0.29, 0.717) is 15.8 Å². The van der Waals surface area contributed by atoms with Crippen molar-refractivity contribution in [1.29, 1.82) is 0 Å². The van der Waals surface area contributed by atoms with Gasteiger partial charge < -0.3 is 4.74 Å². The van der Waals surface area contributed by atoms with Crippen LogP contribution in [0.2, 0.25) is 0 Å². The molecule has 2 heterocycles. The molecule has 7 heteroatoms. The van der Waals surface area contributed by atoms with Crippen molar-refractivity contribution >= 4 is 28.2 Å². The summed E-state index contributed by atoms with van der Waals surface area (Å²) in [6.45, 7) is 1.65. The van der Waals surface area contributed by atoms with Crippen LogP contribution in [0.4, 0.5) is 0 Å². The molecule has 6 nitrogen and oxygen atoms in total. The Balaban J connectivity index is 1.81. The zero-order valence-electron chi connectivity index (χ0n) is 11.1. The normalized spacial score (nSPS) is 10.7. The summed E-state index contributed by atoms with van der Waals surface area (Å²) in [5.41, 5.74) is 0.176. The zero-order valence-corrected chi connectivity index (χ0v) is 12.0. The molecule has 3 aromatic rings. The van der Waals surface area contributed by atoms with Gasteiger partial charge in [0.2, 0.25) is 0 Å². The predicted molar refractivity (Wildman–Crippen MR) is 78.3 cm³/mol. The Bertz CT molecular complexity index is 869. The number of hydrogen-bond donors (Lipinski definition) is 0. The standard InChI is InChI=1S/C14H11N3O3S/c1-9-6-7-12(21-9)14(19)20-8-17-13(18)10-4-2-3-5-11(10)15-16-17/h2-7H,8H2,1H3. The van der Waals surface area contributed by atoms with E-state index in [1.54, 1.807) is 30.3 Å². The highest BCUT2D eigenvalue weighted by atomic mass is 32.1. The molecule has 0 spiro atoms. The van der Waals surface area contributed by atoms with Gasteiger partial charge in [0.25, 0.3) is 5.56 Å². The average Bonchev–Trinajstić information content (AvgIpc) is 2.93. The van der Waals surface area contributed by atoms with Gasteiger partial charge in [-0.25, -0.2) is 4.79 Å². The van der Waals surface area contributed by atoms with Gasteiger partial charge in [-0.1, -0.05) is 17.3 Å². The fourth-order valence-corrected chi connectivity index (χ4v) is 2.60. The maximum absolute atomic E-state index is 12.2. The highest BCUT2D eigenvalue weighted by Crippen LogP contribution is 2.16. The highest BCUT2D eigenvalue weighted by Gasteiger charge is 2.11. The van der Waals surface area contributed by atoms with Crippen molar-refractivity contribution in [2.75, 3.05) is 0 Å². The average molecular weight is 301 g/mol. The number of aromatic nitrogens is 3. The van der Waals surface area contributed by atoms with Crippen molar-refractivity contribution in [1.82, 2.24) is 15.0 Å². The van der Waals surface area contributed by atoms with Gasteiger partial charge in [-0.05, 0) is 31.2 Å². The van der Waals surface area contributed by atoms with Crippen molar-refractivity contribution in [2.45, 2.75) is 13.7 Å². The largest absolute Gasteiger partial charge is 0.438 e. The van der Waals surface area contributed by atoms with E-state index in [1.165, 1.54) is 11.3 Å². The summed E-state index contributed by atoms with van der Waals surface area (Å²) < 4.78 is 6.12. The number of thiophene rings is 1. The molecule has 3 rings (SSSR count). The molecule has 0 aliphatic carbocycles. The summed E-state index contributed by atoms with van der Waals surface area (Å²) in [6, 6.07) is 10.4. The molecule has 0 aliphatic heterocycles. The number of ether oxygens (including phenoxy) is 1. The lowest BCUT2D eigenvalue weighted by Gasteiger charge is -2.05. The topological polar surface area (TPSA) is 74.1 Å². The van der Waals surface area contributed by atoms with Gasteiger partial charge in [0.1, 0.15) is 10.4 Å². The van der Waals surface area contributed by atoms with Gasteiger partial charge >= 0.3 is 5.97 Å². The number of esters is 1. The molecule has 0 N–H and O–H groups in total. The van der Waals surface area contributed by atoms with Gasteiger partial charge in [0, 0.05) is 4.88 Å². The van der Waals surface area contributed by atoms with Crippen LogP contribution in [0.15, 0.2) is 41.2 Å². The van der Waals surface area contributed by atoms with E-state index in [-0.39, 0.29) is 12.3 Å². The minimum absolute atomic E-state index is 0.257. The van der Waals surface area contributed by atoms with Gasteiger partial charge in [0.05, 0.1) is 5.39 Å². The summed E-state index contributed by atoms with van der Waals surface area (Å²) in [5, 5.41) is 8.12. The van der Waals surface area contributed by atoms with E-state index in [9.17, 15) is 9.59 Å². The second-order valence-corrected chi connectivity index (χ2v) is 5.67. The fourth-order valence-electron chi connectivity index (χ4n) is 1.84. The number of nitrogens with zero attached hydrogens (tertiary/aromatic N) is 3. The van der Waals surface area contributed by atoms with Crippen molar-refractivity contribution in [3.05, 3.63) is 56.5 Å². The van der Waals surface area contributed by atoms with Crippen LogP contribution >= 0.6 is 11.3 Å². The number of carbonyl (C=O) groups is 1. The van der Waals surface area contributed by atoms with Crippen molar-refractivity contribution < 1.29 is 9.53 Å². The minimum Gasteiger partial charge on any atom is -0.438 e. The molecule has 106 valence electrons. The van der Waals surface area contributed by atoms with Gasteiger partial charge in [-0.15, -0.1) is 16.4 Å². The number of carbonyl (C=O) groups excluding carboxylic acids is 1. The first kappa shape index (κ1) is 13.4. The number of benzene rings is 1. The van der Waals surface area contributed by atoms with Crippen molar-refractivity contribution in [2.24, 2.45) is 0 Å². The van der Waals surface area contributed by atoms with Crippen LogP contribution in [0.5, 0.6) is 0 Å². The lowest BCUT2D eigenvalue weighted by atomic mass is 10.2. The number of rotatable bonds is 3. The lowest BCUT2D eigenvalue weighted by molar-refractivity contribution is 0.0342. The first-order valence-corrected chi connectivity index (χ1v) is 7.03. The molecule has 0 radical (unpaired) electrons. The summed E-state index contributed by atoms with van der Waals surface area (Å²) >= 11 is 1.34. The van der Waals surface area contributed by atoms with Gasteiger partial charge in [-0.3, -0.25) is 4.79 Å². The van der Waals surface area contributed by atoms with Crippen LogP contribution in [-0.2, 0) is 11.5 Å². The third-order valence-corrected chi connectivity index (χ3v) is 3.87. The molecule has 0 saturated heterocycles. The third kappa shape index (κ3) is 2.68. The van der Waals surface area contributed by atoms with E-state index in [4.69, 9.17) is 4.74 Å². The van der Waals surface area contributed by atoms with E-state index >= 15 is 0 Å². The first-order chi connectivity index (χ1) is 10.1. The Hall–Kier alpha value is -2.54. The highest BCUT2D eigenvalue weighted by molar-refractivity contribution is 7.13. The molecule has 21 heavy (non-hydrogen) atoms. The Morgan fingerprint density at radius 3 is 2.86 bits per heavy atom. The summed E-state index contributed by atoms with van der Waals surface area (Å²) in [6.07, 6.45) is 0. The van der Waals surface area contributed by atoms with Crippen LogP contribution in [0.3, 0.4) is 0 Å². The summed E-state index contributed by atoms with van der Waals surface area (Å²) in [7, 11) is 0. The van der Waals surface area contributed by atoms with Crippen LogP contribution in [0.1, 0.15) is 14.5 Å². The number of fused-ring (bicyclic) bond motifs is 1. The molecule has 0 aliphatic rings. The third-order valence-electron chi connectivity index (χ3n) is 2.89. The first-order valence-electron chi connectivity index (χ1n) is 6.21. The predicted octanol–water partition coefficient (Wildman–Crippen LogP) is 1.98. The van der Waals surface area contributed by atoms with Gasteiger partial charge in [-0.2, -0.15) is 4.68 Å². The second kappa shape index (κ2) is 5.45. The van der Waals surface area contributed by atoms with E-state index in [0.717, 1.165) is 9.56 Å². The van der Waals surface area contributed by atoms with Crippen LogP contribution in [0.25, 0.3) is 10.9 Å². The van der Waals surface area contributed by atoms with Gasteiger partial charge in [0.15, 0.2) is 6.73 Å². The number of hydrogen-bond acceptors (Lipinski definition) is 6. The monoisotopic (exact) mass is 301 g/mol. The maximum atomic E-state index is 12.2. The lowest BCUT2D eigenvalue weighted by Crippen LogP contribution is -2.26. The second-order valence-electron chi connectivity index (χ2n) is 4.38. The zero-order chi connectivity index (χ0) is 14.8. The van der Waals surface area contributed by atoms with Crippen molar-refractivity contribution in [3.63, 3.8) is 0 Å². The smallest absolute Gasteiger partial charge is 0.350 e. The number of aryl methyl sites for hydroxylation is 1. The van der Waals surface area contributed by atoms with Crippen LogP contribution in [0, 0.1) is 6.92 Å². The van der Waals surface area contributed by atoms with E-state index in [2.05, 4.69) is 10.3 Å². The molecule has 2 aromatic heterocycles. The fraction of sp³-hybridized carbons (Fsp3) is 0.143. The molecule has 0 saturated carbocycles. The molecule has 0 amide bonds. The molecule has 0 unspecified atom stereocenters. The molecular formula is C14H11N3O3S. The molecule has 1 aromatic carbocycles. The SMILES string of the molecule is Cc1ccc(C(=O)OCn2nnc3ccccc3c2=O)s1. The Morgan fingerprint density at radius 2 is 2.10 bits per heavy atom. The van der Waals surface area contributed by atoms with Crippen molar-refractivity contribution in [3.8, 4) is 0 Å². The van der Waals surface area contributed by atoms with Crippen LogP contribution in [-0.4, -0.2) is 21.0 Å².